The Morgan fingerprint density at radius 1 is 1.37 bits per heavy atom. The second kappa shape index (κ2) is 8.78. The Morgan fingerprint density at radius 3 is 2.73 bits per heavy atom. The van der Waals surface area contributed by atoms with E-state index >= 15 is 0 Å². The molecule has 1 amide bonds. The van der Waals surface area contributed by atoms with Gasteiger partial charge in [0.15, 0.2) is 0 Å². The molecule has 9 nitrogen and oxygen atoms in total. The monoisotopic (exact) mass is 427 g/mol. The molecule has 0 spiro atoms. The quantitative estimate of drug-likeness (QED) is 0.761. The number of carbonyl (C=O) groups excluding carboxylic acids is 1. The Bertz CT molecular complexity index is 944. The number of aryl methyl sites for hydroxylation is 1. The number of alkyl halides is 3. The summed E-state index contributed by atoms with van der Waals surface area (Å²) < 4.78 is 37.1. The Balaban J connectivity index is 0.000000318. The van der Waals surface area contributed by atoms with Gasteiger partial charge in [0.05, 0.1) is 6.54 Å². The third kappa shape index (κ3) is 4.93. The predicted octanol–water partition coefficient (Wildman–Crippen LogP) is 1.84. The number of hydrogen-bond donors (Lipinski definition) is 2. The molecule has 1 fully saturated rings. The van der Waals surface area contributed by atoms with Gasteiger partial charge >= 0.3 is 12.1 Å². The Hall–Kier alpha value is -3.02. The summed E-state index contributed by atoms with van der Waals surface area (Å²) in [6.07, 6.45) is -0.710. The minimum atomic E-state index is -5.08. The van der Waals surface area contributed by atoms with Crippen LogP contribution in [0, 0.1) is 6.92 Å². The van der Waals surface area contributed by atoms with Crippen molar-refractivity contribution in [3.05, 3.63) is 28.9 Å². The second-order valence-corrected chi connectivity index (χ2v) is 6.88. The van der Waals surface area contributed by atoms with Crippen molar-refractivity contribution in [2.45, 2.75) is 45.5 Å². The normalized spacial score (nSPS) is 16.1. The van der Waals surface area contributed by atoms with E-state index in [1.165, 1.54) is 11.1 Å². The topological polar surface area (TPSA) is 121 Å². The third-order valence-corrected chi connectivity index (χ3v) is 4.76. The number of carboxylic acids is 1. The van der Waals surface area contributed by atoms with Crippen LogP contribution in [0.15, 0.2) is 10.7 Å². The first-order chi connectivity index (χ1) is 14.2. The maximum Gasteiger partial charge on any atom is 0.490 e. The van der Waals surface area contributed by atoms with E-state index in [9.17, 15) is 18.0 Å². The highest BCUT2D eigenvalue weighted by Crippen LogP contribution is 2.28. The molecule has 0 atom stereocenters. The molecule has 1 saturated heterocycles. The van der Waals surface area contributed by atoms with Crippen molar-refractivity contribution in [3.8, 4) is 11.4 Å². The number of nitrogens with one attached hydrogen (secondary N) is 1. The molecule has 2 aromatic rings. The number of halogens is 3. The highest BCUT2D eigenvalue weighted by atomic mass is 19.4. The molecule has 30 heavy (non-hydrogen) atoms. The van der Waals surface area contributed by atoms with Gasteiger partial charge in [0.2, 0.25) is 17.6 Å². The van der Waals surface area contributed by atoms with Crippen molar-refractivity contribution >= 4 is 11.9 Å². The molecule has 4 heterocycles. The SMILES string of the molecule is Cc1ncc2c(c1-c1noc(CN3CCCC3=O)n1)CCNC2.O=C(O)C(F)(F)F. The average Bonchev–Trinajstić information content (AvgIpc) is 3.31. The van der Waals surface area contributed by atoms with Gasteiger partial charge in [-0.25, -0.2) is 4.79 Å². The van der Waals surface area contributed by atoms with Gasteiger partial charge in [-0.15, -0.1) is 0 Å². The van der Waals surface area contributed by atoms with E-state index in [1.807, 2.05) is 13.1 Å². The van der Waals surface area contributed by atoms with Crippen LogP contribution in [0.2, 0.25) is 0 Å². The molecule has 162 valence electrons. The third-order valence-electron chi connectivity index (χ3n) is 4.76. The molecule has 2 aliphatic rings. The molecule has 2 aliphatic heterocycles. The van der Waals surface area contributed by atoms with E-state index in [0.717, 1.165) is 43.7 Å². The summed E-state index contributed by atoms with van der Waals surface area (Å²) in [5, 5.41) is 14.6. The first-order valence-electron chi connectivity index (χ1n) is 9.25. The molecule has 4 rings (SSSR count). The second-order valence-electron chi connectivity index (χ2n) is 6.88. The standard InChI is InChI=1S/C16H19N5O2.C2HF3O2/c1-10-15(12-4-5-17-7-11(12)8-18-10)16-19-13(23-20-16)9-21-6-2-3-14(21)22;3-2(4,5)1(6)7/h8,17H,2-7,9H2,1H3;(H,6,7). The lowest BCUT2D eigenvalue weighted by Crippen LogP contribution is -2.25. The van der Waals surface area contributed by atoms with Gasteiger partial charge in [-0.1, -0.05) is 5.16 Å². The van der Waals surface area contributed by atoms with E-state index < -0.39 is 12.1 Å². The van der Waals surface area contributed by atoms with Crippen molar-refractivity contribution < 1.29 is 32.4 Å². The lowest BCUT2D eigenvalue weighted by Gasteiger charge is -2.19. The average molecular weight is 427 g/mol. The molecular weight excluding hydrogens is 407 g/mol. The maximum absolute atomic E-state index is 11.7. The highest BCUT2D eigenvalue weighted by molar-refractivity contribution is 5.78. The van der Waals surface area contributed by atoms with Crippen molar-refractivity contribution in [2.24, 2.45) is 0 Å². The van der Waals surface area contributed by atoms with Gasteiger partial charge in [0.1, 0.15) is 0 Å². The summed E-state index contributed by atoms with van der Waals surface area (Å²) in [4.78, 5) is 31.4. The molecule has 0 aromatic carbocycles. The predicted molar refractivity (Wildman–Crippen MR) is 96.0 cm³/mol. The van der Waals surface area contributed by atoms with Crippen molar-refractivity contribution in [1.29, 1.82) is 0 Å². The number of carboxylic acid groups (broad SMARTS) is 1. The number of carbonyl (C=O) groups is 2. The van der Waals surface area contributed by atoms with Crippen LogP contribution < -0.4 is 5.32 Å². The summed E-state index contributed by atoms with van der Waals surface area (Å²) in [7, 11) is 0. The van der Waals surface area contributed by atoms with Gasteiger partial charge in [0, 0.05) is 37.0 Å². The maximum atomic E-state index is 11.7. The number of fused-ring (bicyclic) bond motifs is 1. The number of amides is 1. The summed E-state index contributed by atoms with van der Waals surface area (Å²) in [5.41, 5.74) is 4.33. The highest BCUT2D eigenvalue weighted by Gasteiger charge is 2.38. The van der Waals surface area contributed by atoms with Crippen molar-refractivity contribution in [3.63, 3.8) is 0 Å². The first-order valence-corrected chi connectivity index (χ1v) is 9.25. The van der Waals surface area contributed by atoms with Gasteiger partial charge in [-0.05, 0) is 37.4 Å². The van der Waals surface area contributed by atoms with Crippen molar-refractivity contribution in [1.82, 2.24) is 25.3 Å². The van der Waals surface area contributed by atoms with Gasteiger partial charge in [-0.2, -0.15) is 18.2 Å². The molecule has 0 unspecified atom stereocenters. The van der Waals surface area contributed by atoms with Crippen LogP contribution in [-0.4, -0.2) is 56.3 Å². The van der Waals surface area contributed by atoms with Gasteiger partial charge in [-0.3, -0.25) is 9.78 Å². The minimum Gasteiger partial charge on any atom is -0.475 e. The fourth-order valence-electron chi connectivity index (χ4n) is 3.32. The van der Waals surface area contributed by atoms with Gasteiger partial charge < -0.3 is 19.8 Å². The van der Waals surface area contributed by atoms with Crippen molar-refractivity contribution in [2.75, 3.05) is 13.1 Å². The Kier molecular flexibility index (Phi) is 6.34. The molecule has 0 radical (unpaired) electrons. The minimum absolute atomic E-state index is 0.158. The molecule has 12 heteroatoms. The lowest BCUT2D eigenvalue weighted by molar-refractivity contribution is -0.192. The first kappa shape index (κ1) is 21.7. The Labute approximate surface area is 169 Å². The van der Waals surface area contributed by atoms with Crippen LogP contribution in [0.1, 0.15) is 35.6 Å². The fraction of sp³-hybridized carbons (Fsp3) is 0.500. The summed E-state index contributed by atoms with van der Waals surface area (Å²) in [6, 6.07) is 0. The van der Waals surface area contributed by atoms with E-state index in [2.05, 4.69) is 20.4 Å². The number of aromatic nitrogens is 3. The number of nitrogens with zero attached hydrogens (tertiary/aromatic N) is 4. The number of aliphatic carboxylic acids is 1. The zero-order chi connectivity index (χ0) is 21.9. The zero-order valence-corrected chi connectivity index (χ0v) is 16.1. The summed E-state index contributed by atoms with van der Waals surface area (Å²) >= 11 is 0. The Morgan fingerprint density at radius 2 is 2.10 bits per heavy atom. The van der Waals surface area contributed by atoms with Gasteiger partial charge in [0.25, 0.3) is 0 Å². The van der Waals surface area contributed by atoms with Crippen LogP contribution in [0.25, 0.3) is 11.4 Å². The number of likely N-dealkylation sites (tertiary alicyclic amines) is 1. The fourth-order valence-corrected chi connectivity index (χ4v) is 3.32. The molecule has 0 bridgehead atoms. The molecule has 0 aliphatic carbocycles. The number of hydrogen-bond acceptors (Lipinski definition) is 7. The molecular formula is C18H20F3N5O4. The van der Waals surface area contributed by atoms with E-state index in [1.54, 1.807) is 4.90 Å². The molecule has 2 aromatic heterocycles. The zero-order valence-electron chi connectivity index (χ0n) is 16.1. The van der Waals surface area contributed by atoms with E-state index in [0.29, 0.717) is 24.7 Å². The molecule has 2 N–H and O–H groups in total. The van der Waals surface area contributed by atoms with Crippen LogP contribution in [-0.2, 0) is 29.1 Å². The largest absolute Gasteiger partial charge is 0.490 e. The summed E-state index contributed by atoms with van der Waals surface area (Å²) in [6.45, 7) is 4.90. The number of rotatable bonds is 3. The van der Waals surface area contributed by atoms with Crippen LogP contribution >= 0.6 is 0 Å². The number of pyridine rings is 1. The van der Waals surface area contributed by atoms with Crippen LogP contribution in [0.4, 0.5) is 13.2 Å². The van der Waals surface area contributed by atoms with Crippen LogP contribution in [0.3, 0.4) is 0 Å². The van der Waals surface area contributed by atoms with Crippen LogP contribution in [0.5, 0.6) is 0 Å². The molecule has 0 saturated carbocycles. The lowest BCUT2D eigenvalue weighted by atomic mass is 9.95. The smallest absolute Gasteiger partial charge is 0.475 e. The summed E-state index contributed by atoms with van der Waals surface area (Å²) in [5.74, 6) is -1.53. The van der Waals surface area contributed by atoms with E-state index in [4.69, 9.17) is 14.4 Å². The van der Waals surface area contributed by atoms with E-state index in [-0.39, 0.29) is 5.91 Å².